The highest BCUT2D eigenvalue weighted by molar-refractivity contribution is 5.92. The van der Waals surface area contributed by atoms with Gasteiger partial charge in [0.25, 0.3) is 5.56 Å². The minimum atomic E-state index is -0.261. The molecule has 0 aliphatic heterocycles. The van der Waals surface area contributed by atoms with E-state index in [9.17, 15) is 9.59 Å². The first-order chi connectivity index (χ1) is 15.2. The topological polar surface area (TPSA) is 86.1 Å². The van der Waals surface area contributed by atoms with Gasteiger partial charge < -0.3 is 10.1 Å². The van der Waals surface area contributed by atoms with Crippen molar-refractivity contribution < 1.29 is 9.53 Å². The molecule has 0 aliphatic carbocycles. The van der Waals surface area contributed by atoms with Gasteiger partial charge in [0.15, 0.2) is 0 Å². The maximum Gasteiger partial charge on any atom is 0.277 e. The number of hydrogen-bond donors (Lipinski definition) is 1. The van der Waals surface area contributed by atoms with E-state index in [2.05, 4.69) is 27.8 Å². The molecule has 0 spiro atoms. The number of nitrogens with one attached hydrogen (secondary N) is 1. The molecule has 1 aromatic heterocycles. The summed E-state index contributed by atoms with van der Waals surface area (Å²) in [6.07, 6.45) is 0.859. The number of fused-ring (bicyclic) bond motifs is 1. The van der Waals surface area contributed by atoms with Crippen LogP contribution >= 0.6 is 0 Å². The summed E-state index contributed by atoms with van der Waals surface area (Å²) in [6.45, 7) is 0.637. The smallest absolute Gasteiger partial charge is 0.277 e. The van der Waals surface area contributed by atoms with Crippen LogP contribution in [-0.4, -0.2) is 27.5 Å². The zero-order valence-electron chi connectivity index (χ0n) is 16.9. The van der Waals surface area contributed by atoms with Gasteiger partial charge in [-0.05, 0) is 29.8 Å². The van der Waals surface area contributed by atoms with E-state index in [1.165, 1.54) is 10.2 Å². The Morgan fingerprint density at radius 2 is 1.68 bits per heavy atom. The lowest BCUT2D eigenvalue weighted by Crippen LogP contribution is -2.26. The van der Waals surface area contributed by atoms with E-state index in [4.69, 9.17) is 4.74 Å². The van der Waals surface area contributed by atoms with E-state index in [0.29, 0.717) is 28.9 Å². The first kappa shape index (κ1) is 20.3. The minimum Gasteiger partial charge on any atom is -0.491 e. The van der Waals surface area contributed by atoms with E-state index < -0.39 is 0 Å². The average molecular weight is 414 g/mol. The molecule has 0 bridgehead atoms. The third kappa shape index (κ3) is 5.14. The van der Waals surface area contributed by atoms with Crippen molar-refractivity contribution in [3.8, 4) is 5.75 Å². The molecule has 1 heterocycles. The fourth-order valence-electron chi connectivity index (χ4n) is 3.21. The number of amides is 1. The molecule has 156 valence electrons. The number of para-hydroxylation sites is 2. The molecule has 3 aromatic carbocycles. The summed E-state index contributed by atoms with van der Waals surface area (Å²) >= 11 is 0. The van der Waals surface area contributed by atoms with Crippen molar-refractivity contribution in [1.82, 2.24) is 15.0 Å². The molecule has 4 rings (SSSR count). The second kappa shape index (κ2) is 9.67. The number of nitrogens with zero attached hydrogens (tertiary/aromatic N) is 3. The van der Waals surface area contributed by atoms with Gasteiger partial charge >= 0.3 is 0 Å². The number of hydrogen-bond acceptors (Lipinski definition) is 5. The monoisotopic (exact) mass is 414 g/mol. The van der Waals surface area contributed by atoms with Crippen molar-refractivity contribution >= 4 is 22.5 Å². The number of aryl methyl sites for hydroxylation is 1. The largest absolute Gasteiger partial charge is 0.491 e. The van der Waals surface area contributed by atoms with E-state index in [1.54, 1.807) is 30.3 Å². The quantitative estimate of drug-likeness (QED) is 0.477. The number of benzene rings is 3. The van der Waals surface area contributed by atoms with Crippen LogP contribution in [0.25, 0.3) is 10.9 Å². The highest BCUT2D eigenvalue weighted by Crippen LogP contribution is 2.24. The first-order valence-electron chi connectivity index (χ1n) is 10.1. The van der Waals surface area contributed by atoms with Crippen molar-refractivity contribution in [3.05, 3.63) is 94.8 Å². The molecule has 1 N–H and O–H groups in total. The summed E-state index contributed by atoms with van der Waals surface area (Å²) in [4.78, 5) is 25.0. The fraction of sp³-hybridized carbons (Fsp3) is 0.167. The zero-order valence-corrected chi connectivity index (χ0v) is 16.9. The number of carbonyl (C=O) groups is 1. The molecule has 1 amide bonds. The van der Waals surface area contributed by atoms with Gasteiger partial charge in [-0.15, -0.1) is 5.10 Å². The Kier molecular flexibility index (Phi) is 6.32. The second-order valence-corrected chi connectivity index (χ2v) is 7.01. The molecule has 31 heavy (non-hydrogen) atoms. The van der Waals surface area contributed by atoms with Crippen LogP contribution in [0.2, 0.25) is 0 Å². The van der Waals surface area contributed by atoms with Crippen LogP contribution in [-0.2, 0) is 17.8 Å². The molecule has 0 aliphatic rings. The van der Waals surface area contributed by atoms with Crippen LogP contribution in [0, 0.1) is 0 Å². The van der Waals surface area contributed by atoms with Crippen LogP contribution in [0.15, 0.2) is 83.7 Å². The molecular formula is C24H22N4O3. The van der Waals surface area contributed by atoms with Crippen LogP contribution in [0.3, 0.4) is 0 Å². The Morgan fingerprint density at radius 3 is 2.55 bits per heavy atom. The summed E-state index contributed by atoms with van der Waals surface area (Å²) in [7, 11) is 0. The van der Waals surface area contributed by atoms with Gasteiger partial charge in [-0.2, -0.15) is 0 Å². The van der Waals surface area contributed by atoms with Crippen LogP contribution in [0.1, 0.15) is 12.0 Å². The third-order valence-corrected chi connectivity index (χ3v) is 4.83. The lowest BCUT2D eigenvalue weighted by Gasteiger charge is -2.13. The first-order valence-corrected chi connectivity index (χ1v) is 10.1. The summed E-state index contributed by atoms with van der Waals surface area (Å²) in [5.74, 6) is 0.371. The molecule has 0 radical (unpaired) electrons. The van der Waals surface area contributed by atoms with Crippen molar-refractivity contribution in [2.24, 2.45) is 0 Å². The number of ether oxygens (including phenoxy) is 1. The molecule has 4 aromatic rings. The van der Waals surface area contributed by atoms with Gasteiger partial charge in [-0.3, -0.25) is 9.59 Å². The van der Waals surface area contributed by atoms with Crippen LogP contribution < -0.4 is 15.6 Å². The van der Waals surface area contributed by atoms with Gasteiger partial charge in [-0.25, -0.2) is 4.68 Å². The average Bonchev–Trinajstić information content (AvgIpc) is 2.81. The highest BCUT2D eigenvalue weighted by Gasteiger charge is 2.10. The molecule has 0 saturated carbocycles. The maximum absolute atomic E-state index is 12.5. The zero-order chi connectivity index (χ0) is 21.5. The predicted octanol–water partition coefficient (Wildman–Crippen LogP) is 3.44. The lowest BCUT2D eigenvalue weighted by molar-refractivity contribution is -0.116. The Balaban J connectivity index is 1.36. The van der Waals surface area contributed by atoms with E-state index in [1.807, 2.05) is 36.4 Å². The standard InChI is InChI=1S/C24H22N4O3/c29-23(14-16-28-24(30)19-10-4-5-11-20(19)26-27-28)25-21-12-6-7-13-22(21)31-17-15-18-8-2-1-3-9-18/h1-13H,14-17H2,(H,25,29). The summed E-state index contributed by atoms with van der Waals surface area (Å²) < 4.78 is 7.09. The van der Waals surface area contributed by atoms with Gasteiger partial charge in [0.1, 0.15) is 11.3 Å². The van der Waals surface area contributed by atoms with Crippen molar-refractivity contribution in [3.63, 3.8) is 0 Å². The minimum absolute atomic E-state index is 0.0886. The molecule has 0 saturated heterocycles. The third-order valence-electron chi connectivity index (χ3n) is 4.83. The molecular weight excluding hydrogens is 392 g/mol. The molecule has 7 nitrogen and oxygen atoms in total. The number of aromatic nitrogens is 3. The lowest BCUT2D eigenvalue weighted by atomic mass is 10.2. The van der Waals surface area contributed by atoms with E-state index >= 15 is 0 Å². The van der Waals surface area contributed by atoms with Gasteiger partial charge in [0, 0.05) is 12.8 Å². The number of rotatable bonds is 8. The fourth-order valence-corrected chi connectivity index (χ4v) is 3.21. The Bertz CT molecular complexity index is 1240. The normalized spacial score (nSPS) is 10.7. The van der Waals surface area contributed by atoms with Gasteiger partial charge in [-0.1, -0.05) is 59.8 Å². The Morgan fingerprint density at radius 1 is 0.935 bits per heavy atom. The molecule has 7 heteroatoms. The van der Waals surface area contributed by atoms with Gasteiger partial charge in [0.2, 0.25) is 5.91 Å². The second-order valence-electron chi connectivity index (χ2n) is 7.01. The van der Waals surface area contributed by atoms with Crippen LogP contribution in [0.5, 0.6) is 5.75 Å². The van der Waals surface area contributed by atoms with Gasteiger partial charge in [0.05, 0.1) is 24.2 Å². The molecule has 0 fully saturated rings. The van der Waals surface area contributed by atoms with E-state index in [0.717, 1.165) is 6.42 Å². The van der Waals surface area contributed by atoms with Crippen molar-refractivity contribution in [2.75, 3.05) is 11.9 Å². The Labute approximate surface area is 179 Å². The highest BCUT2D eigenvalue weighted by atomic mass is 16.5. The SMILES string of the molecule is O=C(CCn1nnc2ccccc2c1=O)Nc1ccccc1OCCc1ccccc1. The van der Waals surface area contributed by atoms with Crippen molar-refractivity contribution in [2.45, 2.75) is 19.4 Å². The summed E-state index contributed by atoms with van der Waals surface area (Å²) in [5.41, 5.74) is 2.06. The van der Waals surface area contributed by atoms with Crippen molar-refractivity contribution in [1.29, 1.82) is 0 Å². The molecule has 0 unspecified atom stereocenters. The summed E-state index contributed by atoms with van der Waals surface area (Å²) in [6, 6.07) is 24.4. The number of carbonyl (C=O) groups excluding carboxylic acids is 1. The maximum atomic E-state index is 12.5. The predicted molar refractivity (Wildman–Crippen MR) is 119 cm³/mol. The molecule has 0 atom stereocenters. The summed E-state index contributed by atoms with van der Waals surface area (Å²) in [5, 5.41) is 11.3. The van der Waals surface area contributed by atoms with Crippen LogP contribution in [0.4, 0.5) is 5.69 Å². The van der Waals surface area contributed by atoms with E-state index in [-0.39, 0.29) is 24.4 Å². The Hall–Kier alpha value is -4.00. The number of anilines is 1.